The largest absolute Gasteiger partial charge is 0.550 e. The molecule has 0 unspecified atom stereocenters. The zero-order chi connectivity index (χ0) is 17.6. The average Bonchev–Trinajstić information content (AvgIpc) is 3.30. The number of carboxylic acid groups (broad SMARTS) is 1. The summed E-state index contributed by atoms with van der Waals surface area (Å²) in [6.07, 6.45) is 4.57. The molecule has 2 aliphatic rings. The van der Waals surface area contributed by atoms with Gasteiger partial charge in [0, 0.05) is 23.1 Å². The molecule has 1 N–H and O–H groups in total. The molecular formula is C20H18NO4-. The standard InChI is InChI=1S/C20H19NO4/c1-11-2-9-16(25-11)12-5-7-15(8-6-12)21-19(22)17-13-3-4-14(10-13)18(17)20(23)24/h2-9,13-14,17-18H,10H2,1H3,(H,21,22)(H,23,24)/p-1/t13-,14+,17-,18+/m0/s1. The number of benzene rings is 1. The molecule has 25 heavy (non-hydrogen) atoms. The first-order valence-corrected chi connectivity index (χ1v) is 8.40. The van der Waals surface area contributed by atoms with E-state index < -0.39 is 17.8 Å². The SMILES string of the molecule is Cc1ccc(-c2ccc(NC(=O)[C@@H]3[C@H](C(=O)[O-])[C@@H]4C=C[C@H]3C4)cc2)o1. The monoisotopic (exact) mass is 336 g/mol. The Bertz CT molecular complexity index is 849. The van der Waals surface area contributed by atoms with Gasteiger partial charge in [-0.1, -0.05) is 12.2 Å². The van der Waals surface area contributed by atoms with E-state index in [0.29, 0.717) is 12.1 Å². The van der Waals surface area contributed by atoms with E-state index >= 15 is 0 Å². The van der Waals surface area contributed by atoms with Gasteiger partial charge in [-0.2, -0.15) is 0 Å². The van der Waals surface area contributed by atoms with Crippen molar-refractivity contribution in [2.75, 3.05) is 5.32 Å². The highest BCUT2D eigenvalue weighted by atomic mass is 16.4. The highest BCUT2D eigenvalue weighted by molar-refractivity contribution is 5.96. The van der Waals surface area contributed by atoms with Crippen molar-refractivity contribution in [3.8, 4) is 11.3 Å². The molecule has 1 amide bonds. The Morgan fingerprint density at radius 2 is 1.72 bits per heavy atom. The molecule has 1 aromatic carbocycles. The van der Waals surface area contributed by atoms with Crippen LogP contribution in [0.2, 0.25) is 0 Å². The van der Waals surface area contributed by atoms with Crippen LogP contribution in [-0.2, 0) is 9.59 Å². The van der Waals surface area contributed by atoms with Crippen molar-refractivity contribution in [2.24, 2.45) is 23.7 Å². The van der Waals surface area contributed by atoms with Crippen LogP contribution in [0, 0.1) is 30.6 Å². The van der Waals surface area contributed by atoms with E-state index in [9.17, 15) is 14.7 Å². The van der Waals surface area contributed by atoms with Crippen molar-refractivity contribution < 1.29 is 19.1 Å². The third kappa shape index (κ3) is 2.76. The van der Waals surface area contributed by atoms with Crippen molar-refractivity contribution in [3.63, 3.8) is 0 Å². The number of nitrogens with one attached hydrogen (secondary N) is 1. The molecule has 1 heterocycles. The first-order valence-electron chi connectivity index (χ1n) is 8.40. The Morgan fingerprint density at radius 1 is 1.04 bits per heavy atom. The van der Waals surface area contributed by atoms with E-state index in [0.717, 1.165) is 17.1 Å². The van der Waals surface area contributed by atoms with Gasteiger partial charge in [-0.3, -0.25) is 4.79 Å². The molecule has 0 aliphatic heterocycles. The number of carboxylic acids is 1. The van der Waals surface area contributed by atoms with Gasteiger partial charge in [-0.15, -0.1) is 0 Å². The van der Waals surface area contributed by atoms with Crippen LogP contribution in [0.5, 0.6) is 0 Å². The molecule has 0 radical (unpaired) electrons. The molecule has 1 fully saturated rings. The summed E-state index contributed by atoms with van der Waals surface area (Å²) in [6.45, 7) is 1.88. The minimum atomic E-state index is -1.14. The van der Waals surface area contributed by atoms with Crippen molar-refractivity contribution >= 4 is 17.6 Å². The smallest absolute Gasteiger partial charge is 0.228 e. The molecule has 4 rings (SSSR count). The van der Waals surface area contributed by atoms with Gasteiger partial charge in [-0.25, -0.2) is 0 Å². The summed E-state index contributed by atoms with van der Waals surface area (Å²) in [7, 11) is 0. The van der Waals surface area contributed by atoms with E-state index in [-0.39, 0.29) is 17.7 Å². The van der Waals surface area contributed by atoms with Crippen LogP contribution in [0.15, 0.2) is 53.0 Å². The zero-order valence-corrected chi connectivity index (χ0v) is 13.8. The second kappa shape index (κ2) is 5.92. The van der Waals surface area contributed by atoms with Crippen molar-refractivity contribution in [1.82, 2.24) is 0 Å². The van der Waals surface area contributed by atoms with Crippen LogP contribution in [0.4, 0.5) is 5.69 Å². The normalized spacial score (nSPS) is 26.8. The Hall–Kier alpha value is -2.82. The number of allylic oxidation sites excluding steroid dienone is 2. The quantitative estimate of drug-likeness (QED) is 0.869. The third-order valence-corrected chi connectivity index (χ3v) is 5.21. The molecule has 0 spiro atoms. The fraction of sp³-hybridized carbons (Fsp3) is 0.300. The summed E-state index contributed by atoms with van der Waals surface area (Å²) in [4.78, 5) is 24.0. The molecular weight excluding hydrogens is 318 g/mol. The highest BCUT2D eigenvalue weighted by Gasteiger charge is 2.48. The number of carbonyl (C=O) groups is 2. The highest BCUT2D eigenvalue weighted by Crippen LogP contribution is 2.48. The maximum Gasteiger partial charge on any atom is 0.228 e. The van der Waals surface area contributed by atoms with Crippen LogP contribution >= 0.6 is 0 Å². The van der Waals surface area contributed by atoms with Crippen LogP contribution < -0.4 is 10.4 Å². The number of furan rings is 1. The molecule has 128 valence electrons. The minimum absolute atomic E-state index is 0.0155. The topological polar surface area (TPSA) is 82.4 Å². The molecule has 2 bridgehead atoms. The number of hydrogen-bond donors (Lipinski definition) is 1. The molecule has 5 heteroatoms. The van der Waals surface area contributed by atoms with Gasteiger partial charge in [0.05, 0.1) is 5.92 Å². The number of anilines is 1. The first kappa shape index (κ1) is 15.7. The van der Waals surface area contributed by atoms with Gasteiger partial charge < -0.3 is 19.6 Å². The lowest BCUT2D eigenvalue weighted by atomic mass is 9.82. The molecule has 1 saturated carbocycles. The Kier molecular flexibility index (Phi) is 3.71. The lowest BCUT2D eigenvalue weighted by Gasteiger charge is -2.27. The maximum absolute atomic E-state index is 12.6. The number of aliphatic carboxylic acids is 1. The van der Waals surface area contributed by atoms with E-state index in [2.05, 4.69) is 5.32 Å². The third-order valence-electron chi connectivity index (χ3n) is 5.21. The van der Waals surface area contributed by atoms with Gasteiger partial charge in [0.25, 0.3) is 0 Å². The van der Waals surface area contributed by atoms with E-state index in [4.69, 9.17) is 4.42 Å². The number of amides is 1. The summed E-state index contributed by atoms with van der Waals surface area (Å²) in [5.74, 6) is -1.19. The molecule has 5 nitrogen and oxygen atoms in total. The van der Waals surface area contributed by atoms with Crippen molar-refractivity contribution in [3.05, 3.63) is 54.3 Å². The molecule has 4 atom stereocenters. The maximum atomic E-state index is 12.6. The van der Waals surface area contributed by atoms with Crippen molar-refractivity contribution in [1.29, 1.82) is 0 Å². The van der Waals surface area contributed by atoms with Gasteiger partial charge >= 0.3 is 0 Å². The fourth-order valence-electron chi connectivity index (χ4n) is 4.03. The summed E-state index contributed by atoms with van der Waals surface area (Å²) in [5, 5.41) is 14.3. The first-order chi connectivity index (χ1) is 12.0. The second-order valence-corrected chi connectivity index (χ2v) is 6.80. The Balaban J connectivity index is 1.49. The van der Waals surface area contributed by atoms with Gasteiger partial charge in [0.2, 0.25) is 5.91 Å². The Labute approximate surface area is 145 Å². The van der Waals surface area contributed by atoms with Crippen LogP contribution in [0.3, 0.4) is 0 Å². The number of hydrogen-bond acceptors (Lipinski definition) is 4. The molecule has 0 saturated heterocycles. The minimum Gasteiger partial charge on any atom is -0.550 e. The summed E-state index contributed by atoms with van der Waals surface area (Å²) in [6, 6.07) is 11.1. The van der Waals surface area contributed by atoms with Crippen LogP contribution in [0.1, 0.15) is 12.2 Å². The predicted molar refractivity (Wildman–Crippen MR) is 90.2 cm³/mol. The summed E-state index contributed by atoms with van der Waals surface area (Å²) in [5.41, 5.74) is 1.56. The Morgan fingerprint density at radius 3 is 2.32 bits per heavy atom. The fourth-order valence-corrected chi connectivity index (χ4v) is 4.03. The lowest BCUT2D eigenvalue weighted by molar-refractivity contribution is -0.313. The van der Waals surface area contributed by atoms with Crippen LogP contribution in [0.25, 0.3) is 11.3 Å². The van der Waals surface area contributed by atoms with Gasteiger partial charge in [-0.05, 0) is 61.6 Å². The molecule has 2 aliphatic carbocycles. The van der Waals surface area contributed by atoms with Gasteiger partial charge in [0.15, 0.2) is 0 Å². The van der Waals surface area contributed by atoms with Gasteiger partial charge in [0.1, 0.15) is 11.5 Å². The molecule has 1 aromatic heterocycles. The van der Waals surface area contributed by atoms with E-state index in [1.54, 1.807) is 12.1 Å². The van der Waals surface area contributed by atoms with E-state index in [1.165, 1.54) is 0 Å². The number of rotatable bonds is 4. The summed E-state index contributed by atoms with van der Waals surface area (Å²) < 4.78 is 5.58. The summed E-state index contributed by atoms with van der Waals surface area (Å²) >= 11 is 0. The van der Waals surface area contributed by atoms with E-state index in [1.807, 2.05) is 43.3 Å². The van der Waals surface area contributed by atoms with Crippen molar-refractivity contribution in [2.45, 2.75) is 13.3 Å². The lowest BCUT2D eigenvalue weighted by Crippen LogP contribution is -2.42. The predicted octanol–water partition coefficient (Wildman–Crippen LogP) is 2.38. The number of carbonyl (C=O) groups excluding carboxylic acids is 2. The molecule has 2 aromatic rings. The number of fused-ring (bicyclic) bond motifs is 2. The second-order valence-electron chi connectivity index (χ2n) is 6.80. The van der Waals surface area contributed by atoms with Crippen LogP contribution in [-0.4, -0.2) is 11.9 Å². The average molecular weight is 336 g/mol. The zero-order valence-electron chi connectivity index (χ0n) is 13.8. The number of aryl methyl sites for hydroxylation is 1.